The summed E-state index contributed by atoms with van der Waals surface area (Å²) in [5, 5.41) is 0. The zero-order chi connectivity index (χ0) is 20.1. The Balaban J connectivity index is 1.69. The molecule has 7 nitrogen and oxygen atoms in total. The minimum atomic E-state index is -2.99. The maximum absolute atomic E-state index is 13.4. The molecule has 2 saturated heterocycles. The molecule has 0 bridgehead atoms. The second-order valence-electron chi connectivity index (χ2n) is 7.65. The lowest BCUT2D eigenvalue weighted by Crippen LogP contribution is -2.53. The summed E-state index contributed by atoms with van der Waals surface area (Å²) in [5.41, 5.74) is 0.849. The van der Waals surface area contributed by atoms with Crippen LogP contribution in [0.1, 0.15) is 30.9 Å². The second-order valence-corrected chi connectivity index (χ2v) is 9.91. The molecule has 0 saturated carbocycles. The van der Waals surface area contributed by atoms with Gasteiger partial charge in [0.2, 0.25) is 11.8 Å². The van der Waals surface area contributed by atoms with Crippen LogP contribution in [0.25, 0.3) is 0 Å². The number of carbonyl (C=O) groups excluding carboxylic acids is 2. The van der Waals surface area contributed by atoms with Crippen LogP contribution in [0, 0.1) is 0 Å². The fourth-order valence-electron chi connectivity index (χ4n) is 3.85. The summed E-state index contributed by atoms with van der Waals surface area (Å²) < 4.78 is 22.7. The Kier molecular flexibility index (Phi) is 6.72. The fourth-order valence-corrected chi connectivity index (χ4v) is 4.44. The maximum atomic E-state index is 13.4. The van der Waals surface area contributed by atoms with Crippen molar-refractivity contribution in [2.24, 2.45) is 0 Å². The van der Waals surface area contributed by atoms with E-state index < -0.39 is 15.9 Å². The summed E-state index contributed by atoms with van der Waals surface area (Å²) in [6.45, 7) is 3.50. The van der Waals surface area contributed by atoms with E-state index in [2.05, 4.69) is 4.90 Å². The Labute approximate surface area is 167 Å². The van der Waals surface area contributed by atoms with Gasteiger partial charge in [-0.25, -0.2) is 8.42 Å². The monoisotopic (exact) mass is 407 g/mol. The highest BCUT2D eigenvalue weighted by Crippen LogP contribution is 2.28. The molecule has 28 heavy (non-hydrogen) atoms. The molecule has 1 aromatic carbocycles. The molecule has 0 N–H and O–H groups in total. The number of piperidine rings is 1. The van der Waals surface area contributed by atoms with E-state index in [0.717, 1.165) is 18.4 Å². The summed E-state index contributed by atoms with van der Waals surface area (Å²) in [6.07, 6.45) is 3.54. The molecular formula is C20H29N3O4S. The van der Waals surface area contributed by atoms with E-state index >= 15 is 0 Å². The van der Waals surface area contributed by atoms with Crippen LogP contribution in [0.3, 0.4) is 0 Å². The van der Waals surface area contributed by atoms with Crippen LogP contribution in [-0.4, -0.2) is 86.2 Å². The molecule has 0 spiro atoms. The number of amides is 2. The topological polar surface area (TPSA) is 78.0 Å². The van der Waals surface area contributed by atoms with Gasteiger partial charge in [-0.3, -0.25) is 14.5 Å². The summed E-state index contributed by atoms with van der Waals surface area (Å²) in [6, 6.07) is 8.94. The Morgan fingerprint density at radius 3 is 2.32 bits per heavy atom. The minimum absolute atomic E-state index is 0.0378. The third-order valence-electron chi connectivity index (χ3n) is 5.48. The van der Waals surface area contributed by atoms with Crippen LogP contribution in [0.5, 0.6) is 0 Å². The Hall–Kier alpha value is -1.93. The van der Waals surface area contributed by atoms with E-state index in [9.17, 15) is 18.0 Å². The van der Waals surface area contributed by atoms with E-state index in [1.165, 1.54) is 6.26 Å². The highest BCUT2D eigenvalue weighted by atomic mass is 32.2. The van der Waals surface area contributed by atoms with Crippen molar-refractivity contribution >= 4 is 21.7 Å². The lowest BCUT2D eigenvalue weighted by Gasteiger charge is -2.40. The van der Waals surface area contributed by atoms with Crippen molar-refractivity contribution in [2.45, 2.75) is 25.3 Å². The summed E-state index contributed by atoms with van der Waals surface area (Å²) in [5.74, 6) is 0.139. The number of sulfone groups is 1. The first-order chi connectivity index (χ1) is 13.3. The Morgan fingerprint density at radius 1 is 1.04 bits per heavy atom. The van der Waals surface area contributed by atoms with Gasteiger partial charge >= 0.3 is 0 Å². The lowest BCUT2D eigenvalue weighted by molar-refractivity contribution is -0.148. The van der Waals surface area contributed by atoms with Gasteiger partial charge in [0.15, 0.2) is 0 Å². The maximum Gasteiger partial charge on any atom is 0.250 e. The molecule has 0 aliphatic carbocycles. The molecule has 3 rings (SSSR count). The van der Waals surface area contributed by atoms with Gasteiger partial charge in [0.25, 0.3) is 0 Å². The summed E-state index contributed by atoms with van der Waals surface area (Å²) in [4.78, 5) is 31.5. The largest absolute Gasteiger partial charge is 0.338 e. The average Bonchev–Trinajstić information content (AvgIpc) is 2.69. The molecule has 1 atom stereocenters. The third-order valence-corrected chi connectivity index (χ3v) is 6.41. The molecule has 154 valence electrons. The van der Waals surface area contributed by atoms with Gasteiger partial charge < -0.3 is 9.80 Å². The smallest absolute Gasteiger partial charge is 0.250 e. The second kappa shape index (κ2) is 9.05. The third kappa shape index (κ3) is 5.32. The number of carbonyl (C=O) groups is 2. The quantitative estimate of drug-likeness (QED) is 0.701. The van der Waals surface area contributed by atoms with E-state index in [4.69, 9.17) is 0 Å². The summed E-state index contributed by atoms with van der Waals surface area (Å²) in [7, 11) is -2.99. The predicted octanol–water partition coefficient (Wildman–Crippen LogP) is 0.929. The van der Waals surface area contributed by atoms with Crippen molar-refractivity contribution in [3.63, 3.8) is 0 Å². The normalized spacial score (nSPS) is 20.2. The molecule has 1 unspecified atom stereocenters. The Bertz CT molecular complexity index is 789. The van der Waals surface area contributed by atoms with E-state index in [0.29, 0.717) is 45.7 Å². The number of likely N-dealkylation sites (tertiary alicyclic amines) is 1. The van der Waals surface area contributed by atoms with Crippen molar-refractivity contribution in [2.75, 3.05) is 51.3 Å². The highest BCUT2D eigenvalue weighted by Gasteiger charge is 2.36. The van der Waals surface area contributed by atoms with Gasteiger partial charge in [-0.05, 0) is 18.4 Å². The molecule has 2 fully saturated rings. The number of rotatable bonds is 6. The molecule has 2 heterocycles. The van der Waals surface area contributed by atoms with Crippen molar-refractivity contribution in [3.05, 3.63) is 35.9 Å². The standard InChI is InChI=1S/C20H29N3O4S/c1-28(26,27)16-15-21-11-13-22(14-12-21)20(25)19(17-7-3-2-4-8-17)23-10-6-5-9-18(23)24/h2-4,7-8,19H,5-6,9-16H2,1H3. The Morgan fingerprint density at radius 2 is 1.71 bits per heavy atom. The minimum Gasteiger partial charge on any atom is -0.338 e. The molecule has 0 aromatic heterocycles. The molecular weight excluding hydrogens is 378 g/mol. The number of benzene rings is 1. The molecule has 2 aliphatic heterocycles. The van der Waals surface area contributed by atoms with Gasteiger partial charge in [0.05, 0.1) is 5.75 Å². The molecule has 1 aromatic rings. The first kappa shape index (κ1) is 20.8. The van der Waals surface area contributed by atoms with Crippen LogP contribution in [0.15, 0.2) is 30.3 Å². The fraction of sp³-hybridized carbons (Fsp3) is 0.600. The predicted molar refractivity (Wildman–Crippen MR) is 107 cm³/mol. The average molecular weight is 408 g/mol. The van der Waals surface area contributed by atoms with Gasteiger partial charge in [0, 0.05) is 51.9 Å². The summed E-state index contributed by atoms with van der Waals surface area (Å²) >= 11 is 0. The number of hydrogen-bond acceptors (Lipinski definition) is 5. The highest BCUT2D eigenvalue weighted by molar-refractivity contribution is 7.90. The molecule has 2 amide bonds. The van der Waals surface area contributed by atoms with E-state index in [-0.39, 0.29) is 17.6 Å². The van der Waals surface area contributed by atoms with Gasteiger partial charge in [0.1, 0.15) is 15.9 Å². The number of hydrogen-bond donors (Lipinski definition) is 0. The van der Waals surface area contributed by atoms with Crippen molar-refractivity contribution < 1.29 is 18.0 Å². The van der Waals surface area contributed by atoms with Crippen molar-refractivity contribution in [3.8, 4) is 0 Å². The van der Waals surface area contributed by atoms with Crippen LogP contribution in [0.2, 0.25) is 0 Å². The van der Waals surface area contributed by atoms with Crippen LogP contribution in [0.4, 0.5) is 0 Å². The van der Waals surface area contributed by atoms with Gasteiger partial charge in [-0.2, -0.15) is 0 Å². The van der Waals surface area contributed by atoms with Gasteiger partial charge in [-0.1, -0.05) is 30.3 Å². The number of nitrogens with zero attached hydrogens (tertiary/aromatic N) is 3. The van der Waals surface area contributed by atoms with E-state index in [1.807, 2.05) is 35.2 Å². The first-order valence-corrected chi connectivity index (χ1v) is 11.9. The molecule has 0 radical (unpaired) electrons. The van der Waals surface area contributed by atoms with Crippen LogP contribution >= 0.6 is 0 Å². The zero-order valence-electron chi connectivity index (χ0n) is 16.4. The SMILES string of the molecule is CS(=O)(=O)CCN1CCN(C(=O)C(c2ccccc2)N2CCCCC2=O)CC1. The van der Waals surface area contributed by atoms with Crippen LogP contribution in [-0.2, 0) is 19.4 Å². The molecule has 8 heteroatoms. The van der Waals surface area contributed by atoms with E-state index in [1.54, 1.807) is 4.90 Å². The van der Waals surface area contributed by atoms with Crippen molar-refractivity contribution in [1.29, 1.82) is 0 Å². The lowest BCUT2D eigenvalue weighted by atomic mass is 9.99. The number of piperazine rings is 1. The molecule has 2 aliphatic rings. The van der Waals surface area contributed by atoms with Crippen LogP contribution < -0.4 is 0 Å². The van der Waals surface area contributed by atoms with Crippen molar-refractivity contribution in [1.82, 2.24) is 14.7 Å². The zero-order valence-corrected chi connectivity index (χ0v) is 17.2. The van der Waals surface area contributed by atoms with Gasteiger partial charge in [-0.15, -0.1) is 0 Å². The first-order valence-electron chi connectivity index (χ1n) is 9.88.